The Bertz CT molecular complexity index is 1210. The van der Waals surface area contributed by atoms with Gasteiger partial charge in [0, 0.05) is 28.5 Å². The van der Waals surface area contributed by atoms with Gasteiger partial charge in [-0.05, 0) is 62.2 Å². The molecule has 3 amide bonds. The molecule has 7 heteroatoms. The van der Waals surface area contributed by atoms with Crippen molar-refractivity contribution in [2.24, 2.45) is 11.8 Å². The summed E-state index contributed by atoms with van der Waals surface area (Å²) in [6, 6.07) is 11.8. The minimum atomic E-state index is -0.792. The quantitative estimate of drug-likeness (QED) is 0.636. The minimum absolute atomic E-state index is 0.167. The van der Waals surface area contributed by atoms with E-state index in [1.54, 1.807) is 24.3 Å². The molecule has 176 valence electrons. The van der Waals surface area contributed by atoms with E-state index in [0.717, 1.165) is 35.2 Å². The van der Waals surface area contributed by atoms with E-state index in [1.807, 2.05) is 37.8 Å². The molecular formula is C27H28ClN3O3. The molecule has 0 aliphatic carbocycles. The Morgan fingerprint density at radius 3 is 2.44 bits per heavy atom. The van der Waals surface area contributed by atoms with Gasteiger partial charge < -0.3 is 10.2 Å². The molecule has 2 saturated heterocycles. The molecule has 5 rings (SSSR count). The molecule has 0 aromatic heterocycles. The SMILES string of the molecule is CCCCN1C(=O)[C@@H]2[C@H](C1=O)[C@H](C(=O)Nc1ccc(Cl)cc1)N1c3ccc(C)cc3C(C)=C[C@H]21. The summed E-state index contributed by atoms with van der Waals surface area (Å²) in [4.78, 5) is 44.2. The van der Waals surface area contributed by atoms with Gasteiger partial charge in [-0.1, -0.05) is 42.7 Å². The highest BCUT2D eigenvalue weighted by atomic mass is 35.5. The van der Waals surface area contributed by atoms with Crippen LogP contribution in [-0.2, 0) is 14.4 Å². The van der Waals surface area contributed by atoms with Gasteiger partial charge in [0.2, 0.25) is 17.7 Å². The van der Waals surface area contributed by atoms with E-state index in [1.165, 1.54) is 4.90 Å². The Balaban J connectivity index is 1.59. The zero-order chi connectivity index (χ0) is 24.1. The molecule has 3 heterocycles. The summed E-state index contributed by atoms with van der Waals surface area (Å²) < 4.78 is 0. The highest BCUT2D eigenvalue weighted by Crippen LogP contribution is 2.50. The molecule has 0 radical (unpaired) electrons. The van der Waals surface area contributed by atoms with Gasteiger partial charge in [0.25, 0.3) is 0 Å². The van der Waals surface area contributed by atoms with E-state index < -0.39 is 17.9 Å². The molecule has 3 aliphatic rings. The van der Waals surface area contributed by atoms with Crippen LogP contribution >= 0.6 is 11.6 Å². The smallest absolute Gasteiger partial charge is 0.247 e. The first-order valence-electron chi connectivity index (χ1n) is 11.8. The Morgan fingerprint density at radius 2 is 1.74 bits per heavy atom. The largest absolute Gasteiger partial charge is 0.351 e. The number of imide groups is 1. The van der Waals surface area contributed by atoms with Crippen LogP contribution in [0.4, 0.5) is 11.4 Å². The van der Waals surface area contributed by atoms with Crippen molar-refractivity contribution in [3.63, 3.8) is 0 Å². The van der Waals surface area contributed by atoms with Crippen molar-refractivity contribution in [1.82, 2.24) is 4.90 Å². The van der Waals surface area contributed by atoms with Crippen molar-refractivity contribution in [3.05, 3.63) is 64.7 Å². The number of carbonyl (C=O) groups is 3. The summed E-state index contributed by atoms with van der Waals surface area (Å²) >= 11 is 6.00. The lowest BCUT2D eigenvalue weighted by Gasteiger charge is -2.38. The van der Waals surface area contributed by atoms with Crippen molar-refractivity contribution in [3.8, 4) is 0 Å². The van der Waals surface area contributed by atoms with E-state index in [4.69, 9.17) is 11.6 Å². The molecule has 1 N–H and O–H groups in total. The zero-order valence-electron chi connectivity index (χ0n) is 19.5. The van der Waals surface area contributed by atoms with Crippen molar-refractivity contribution in [1.29, 1.82) is 0 Å². The number of unbranched alkanes of at least 4 members (excludes halogenated alkanes) is 1. The zero-order valence-corrected chi connectivity index (χ0v) is 20.3. The van der Waals surface area contributed by atoms with Crippen molar-refractivity contribution in [2.45, 2.75) is 45.7 Å². The van der Waals surface area contributed by atoms with Crippen LogP contribution in [0.5, 0.6) is 0 Å². The third-order valence-corrected chi connectivity index (χ3v) is 7.46. The van der Waals surface area contributed by atoms with Gasteiger partial charge in [-0.15, -0.1) is 0 Å². The number of hydrogen-bond donors (Lipinski definition) is 1. The highest BCUT2D eigenvalue weighted by Gasteiger charge is 2.64. The lowest BCUT2D eigenvalue weighted by Crippen LogP contribution is -2.50. The number of nitrogens with zero attached hydrogens (tertiary/aromatic N) is 2. The number of carbonyl (C=O) groups excluding carboxylic acids is 3. The van der Waals surface area contributed by atoms with Crippen molar-refractivity contribution in [2.75, 3.05) is 16.8 Å². The number of hydrogen-bond acceptors (Lipinski definition) is 4. The molecule has 2 aromatic rings. The fraction of sp³-hybridized carbons (Fsp3) is 0.370. The topological polar surface area (TPSA) is 69.7 Å². The molecule has 34 heavy (non-hydrogen) atoms. The molecule has 0 spiro atoms. The second-order valence-electron chi connectivity index (χ2n) is 9.44. The molecule has 4 atom stereocenters. The van der Waals surface area contributed by atoms with E-state index in [2.05, 4.69) is 17.5 Å². The Kier molecular flexibility index (Phi) is 5.72. The maximum absolute atomic E-state index is 13.7. The maximum atomic E-state index is 13.7. The minimum Gasteiger partial charge on any atom is -0.351 e. The third-order valence-electron chi connectivity index (χ3n) is 7.21. The van der Waals surface area contributed by atoms with Gasteiger partial charge in [-0.2, -0.15) is 0 Å². The number of rotatable bonds is 5. The number of anilines is 2. The number of likely N-dealkylation sites (tertiary alicyclic amines) is 1. The van der Waals surface area contributed by atoms with Gasteiger partial charge in [-0.25, -0.2) is 0 Å². The number of amides is 3. The molecule has 0 bridgehead atoms. The Morgan fingerprint density at radius 1 is 1.03 bits per heavy atom. The summed E-state index contributed by atoms with van der Waals surface area (Å²) in [6.45, 7) is 6.49. The van der Waals surface area contributed by atoms with Crippen LogP contribution in [0.25, 0.3) is 5.57 Å². The number of benzene rings is 2. The molecular weight excluding hydrogens is 450 g/mol. The van der Waals surface area contributed by atoms with Crippen LogP contribution in [0.15, 0.2) is 48.5 Å². The fourth-order valence-electron chi connectivity index (χ4n) is 5.60. The van der Waals surface area contributed by atoms with Gasteiger partial charge in [0.1, 0.15) is 6.04 Å². The van der Waals surface area contributed by atoms with Gasteiger partial charge in [0.05, 0.1) is 17.9 Å². The second kappa shape index (κ2) is 8.58. The van der Waals surface area contributed by atoms with Crippen LogP contribution in [0, 0.1) is 18.8 Å². The first-order valence-corrected chi connectivity index (χ1v) is 12.2. The summed E-state index contributed by atoms with van der Waals surface area (Å²) in [5, 5.41) is 3.53. The third kappa shape index (κ3) is 3.52. The highest BCUT2D eigenvalue weighted by molar-refractivity contribution is 6.30. The van der Waals surface area contributed by atoms with Crippen LogP contribution in [-0.4, -0.2) is 41.2 Å². The standard InChI is InChI=1S/C27H28ClN3O3/c1-4-5-12-30-26(33)22-21-14-16(3)19-13-15(2)6-11-20(19)31(21)24(23(22)27(30)34)25(32)29-18-9-7-17(28)8-10-18/h6-11,13-14,21-24H,4-5,12H2,1-3H3,(H,29,32)/t21-,22+,23+,24-/m1/s1. The van der Waals surface area contributed by atoms with Crippen molar-refractivity contribution >= 4 is 46.3 Å². The molecule has 6 nitrogen and oxygen atoms in total. The van der Waals surface area contributed by atoms with Gasteiger partial charge in [0.15, 0.2) is 0 Å². The summed E-state index contributed by atoms with van der Waals surface area (Å²) in [7, 11) is 0. The normalized spacial score (nSPS) is 25.1. The van der Waals surface area contributed by atoms with Crippen LogP contribution in [0.2, 0.25) is 5.02 Å². The summed E-state index contributed by atoms with van der Waals surface area (Å²) in [6.07, 6.45) is 3.70. The first-order chi connectivity index (χ1) is 16.3. The summed E-state index contributed by atoms with van der Waals surface area (Å²) in [5.74, 6) is -2.00. The Labute approximate surface area is 204 Å². The van der Waals surface area contributed by atoms with E-state index in [0.29, 0.717) is 17.3 Å². The molecule has 2 aromatic carbocycles. The summed E-state index contributed by atoms with van der Waals surface area (Å²) in [5.41, 5.74) is 4.70. The molecule has 3 aliphatic heterocycles. The fourth-order valence-corrected chi connectivity index (χ4v) is 5.73. The van der Waals surface area contributed by atoms with E-state index in [-0.39, 0.29) is 23.8 Å². The lowest BCUT2D eigenvalue weighted by atomic mass is 9.87. The predicted molar refractivity (Wildman–Crippen MR) is 134 cm³/mol. The van der Waals surface area contributed by atoms with Crippen LogP contribution in [0.3, 0.4) is 0 Å². The average molecular weight is 478 g/mol. The number of aryl methyl sites for hydroxylation is 1. The average Bonchev–Trinajstić information content (AvgIpc) is 3.27. The first kappa shape index (κ1) is 22.7. The predicted octanol–water partition coefficient (Wildman–Crippen LogP) is 4.66. The Hall–Kier alpha value is -3.12. The van der Waals surface area contributed by atoms with Crippen LogP contribution in [0.1, 0.15) is 37.8 Å². The number of nitrogens with one attached hydrogen (secondary N) is 1. The van der Waals surface area contributed by atoms with Gasteiger partial charge >= 0.3 is 0 Å². The van der Waals surface area contributed by atoms with Crippen molar-refractivity contribution < 1.29 is 14.4 Å². The van der Waals surface area contributed by atoms with Crippen LogP contribution < -0.4 is 10.2 Å². The molecule has 0 unspecified atom stereocenters. The van der Waals surface area contributed by atoms with E-state index >= 15 is 0 Å². The molecule has 0 saturated carbocycles. The van der Waals surface area contributed by atoms with E-state index in [9.17, 15) is 14.4 Å². The number of halogens is 1. The lowest BCUT2D eigenvalue weighted by molar-refractivity contribution is -0.141. The maximum Gasteiger partial charge on any atom is 0.247 e. The monoisotopic (exact) mass is 477 g/mol. The second-order valence-corrected chi connectivity index (χ2v) is 9.88. The molecule has 2 fully saturated rings. The van der Waals surface area contributed by atoms with Gasteiger partial charge in [-0.3, -0.25) is 19.3 Å². The number of fused-ring (bicyclic) bond motifs is 5. The number of allylic oxidation sites excluding steroid dienone is 1.